The summed E-state index contributed by atoms with van der Waals surface area (Å²) in [6.07, 6.45) is -1.52. The Morgan fingerprint density at radius 3 is 2.50 bits per heavy atom. The van der Waals surface area contributed by atoms with Crippen molar-refractivity contribution in [1.29, 1.82) is 0 Å². The van der Waals surface area contributed by atoms with Crippen LogP contribution in [0.4, 0.5) is 4.79 Å². The molecule has 2 atom stereocenters. The Kier molecular flexibility index (Phi) is 6.20. The normalized spacial score (nSPS) is 18.4. The van der Waals surface area contributed by atoms with Crippen LogP contribution in [-0.4, -0.2) is 46.0 Å². The third-order valence-corrected chi connectivity index (χ3v) is 3.58. The zero-order valence-corrected chi connectivity index (χ0v) is 15.1. The van der Waals surface area contributed by atoms with E-state index in [0.29, 0.717) is 5.06 Å². The summed E-state index contributed by atoms with van der Waals surface area (Å²) in [5.74, 6) is -1.34. The van der Waals surface area contributed by atoms with Crippen molar-refractivity contribution in [3.63, 3.8) is 0 Å². The molecule has 0 radical (unpaired) electrons. The van der Waals surface area contributed by atoms with Crippen LogP contribution in [0.25, 0.3) is 0 Å². The number of hydroxylamine groups is 2. The van der Waals surface area contributed by atoms with Crippen LogP contribution in [0.2, 0.25) is 0 Å². The Bertz CT molecular complexity index is 655. The SMILES string of the molecule is CC(C)(C)OC(=O)N[C@@H](Cc1ccccc1)C(=O)ON1C(=O)CCC1O. The van der Waals surface area contributed by atoms with Gasteiger partial charge in [0.05, 0.1) is 0 Å². The van der Waals surface area contributed by atoms with Crippen LogP contribution in [0.5, 0.6) is 0 Å². The number of ether oxygens (including phenoxy) is 1. The Morgan fingerprint density at radius 1 is 1.31 bits per heavy atom. The molecule has 0 spiro atoms. The predicted molar refractivity (Wildman–Crippen MR) is 91.5 cm³/mol. The first kappa shape index (κ1) is 19.7. The number of aliphatic hydroxyl groups excluding tert-OH is 1. The summed E-state index contributed by atoms with van der Waals surface area (Å²) in [4.78, 5) is 41.3. The number of carbonyl (C=O) groups excluding carboxylic acids is 3. The average Bonchev–Trinajstić information content (AvgIpc) is 2.85. The molecule has 1 saturated heterocycles. The molecule has 1 heterocycles. The first-order valence-electron chi connectivity index (χ1n) is 8.41. The topological polar surface area (TPSA) is 105 Å². The number of carbonyl (C=O) groups is 3. The van der Waals surface area contributed by atoms with Crippen LogP contribution >= 0.6 is 0 Å². The Morgan fingerprint density at radius 2 is 1.96 bits per heavy atom. The third-order valence-electron chi connectivity index (χ3n) is 3.58. The first-order valence-corrected chi connectivity index (χ1v) is 8.41. The minimum atomic E-state index is -1.18. The highest BCUT2D eigenvalue weighted by atomic mass is 16.7. The van der Waals surface area contributed by atoms with E-state index in [1.54, 1.807) is 45.0 Å². The largest absolute Gasteiger partial charge is 0.444 e. The third kappa shape index (κ3) is 5.73. The lowest BCUT2D eigenvalue weighted by Gasteiger charge is -2.25. The molecule has 1 aromatic carbocycles. The quantitative estimate of drug-likeness (QED) is 0.821. The average molecular weight is 364 g/mol. The number of rotatable bonds is 5. The molecule has 8 heteroatoms. The first-order chi connectivity index (χ1) is 12.2. The summed E-state index contributed by atoms with van der Waals surface area (Å²) in [7, 11) is 0. The number of alkyl carbamates (subject to hydrolysis) is 1. The molecule has 142 valence electrons. The lowest BCUT2D eigenvalue weighted by molar-refractivity contribution is -0.222. The van der Waals surface area contributed by atoms with Gasteiger partial charge in [-0.2, -0.15) is 0 Å². The zero-order valence-electron chi connectivity index (χ0n) is 15.1. The Balaban J connectivity index is 2.09. The van der Waals surface area contributed by atoms with Crippen LogP contribution in [0.3, 0.4) is 0 Å². The maximum absolute atomic E-state index is 12.5. The number of nitrogens with one attached hydrogen (secondary N) is 1. The van der Waals surface area contributed by atoms with Gasteiger partial charge in [-0.25, -0.2) is 9.59 Å². The van der Waals surface area contributed by atoms with Crippen LogP contribution < -0.4 is 5.32 Å². The molecule has 0 aromatic heterocycles. The monoisotopic (exact) mass is 364 g/mol. The molecule has 1 aromatic rings. The van der Waals surface area contributed by atoms with Crippen molar-refractivity contribution in [3.05, 3.63) is 35.9 Å². The maximum atomic E-state index is 12.5. The van der Waals surface area contributed by atoms with Crippen molar-refractivity contribution in [2.45, 2.75) is 57.9 Å². The fourth-order valence-electron chi connectivity index (χ4n) is 2.41. The van der Waals surface area contributed by atoms with Gasteiger partial charge in [-0.1, -0.05) is 30.3 Å². The number of hydrogen-bond donors (Lipinski definition) is 2. The van der Waals surface area contributed by atoms with E-state index in [2.05, 4.69) is 5.32 Å². The molecule has 2 amide bonds. The Hall–Kier alpha value is -2.61. The summed E-state index contributed by atoms with van der Waals surface area (Å²) in [5, 5.41) is 12.9. The summed E-state index contributed by atoms with van der Waals surface area (Å²) >= 11 is 0. The Labute approximate surface area is 152 Å². The molecular formula is C18H24N2O6. The minimum absolute atomic E-state index is 0.0945. The van der Waals surface area contributed by atoms with Crippen LogP contribution in [0.1, 0.15) is 39.2 Å². The molecular weight excluding hydrogens is 340 g/mol. The van der Waals surface area contributed by atoms with Gasteiger partial charge in [0.2, 0.25) is 0 Å². The van der Waals surface area contributed by atoms with E-state index >= 15 is 0 Å². The van der Waals surface area contributed by atoms with Gasteiger partial charge in [-0.15, -0.1) is 5.06 Å². The molecule has 1 unspecified atom stereocenters. The number of benzene rings is 1. The molecule has 26 heavy (non-hydrogen) atoms. The molecule has 1 aliphatic rings. The van der Waals surface area contributed by atoms with Gasteiger partial charge in [-0.05, 0) is 26.3 Å². The summed E-state index contributed by atoms with van der Waals surface area (Å²) < 4.78 is 5.18. The number of hydrogen-bond acceptors (Lipinski definition) is 6. The van der Waals surface area contributed by atoms with E-state index in [4.69, 9.17) is 9.57 Å². The fraction of sp³-hybridized carbons (Fsp3) is 0.500. The number of aliphatic hydroxyl groups is 1. The fourth-order valence-corrected chi connectivity index (χ4v) is 2.41. The van der Waals surface area contributed by atoms with Crippen molar-refractivity contribution < 1.29 is 29.1 Å². The van der Waals surface area contributed by atoms with Gasteiger partial charge >= 0.3 is 12.1 Å². The molecule has 0 bridgehead atoms. The van der Waals surface area contributed by atoms with E-state index < -0.39 is 35.8 Å². The summed E-state index contributed by atoms with van der Waals surface area (Å²) in [6.45, 7) is 5.11. The molecule has 2 rings (SSSR count). The summed E-state index contributed by atoms with van der Waals surface area (Å²) in [6, 6.07) is 7.96. The van der Waals surface area contributed by atoms with Crippen molar-refractivity contribution in [3.8, 4) is 0 Å². The lowest BCUT2D eigenvalue weighted by atomic mass is 10.1. The number of nitrogens with zero attached hydrogens (tertiary/aromatic N) is 1. The molecule has 0 aliphatic carbocycles. The van der Waals surface area contributed by atoms with Crippen molar-refractivity contribution in [2.75, 3.05) is 0 Å². The predicted octanol–water partition coefficient (Wildman–Crippen LogP) is 1.52. The van der Waals surface area contributed by atoms with Crippen molar-refractivity contribution in [2.24, 2.45) is 0 Å². The minimum Gasteiger partial charge on any atom is -0.444 e. The molecule has 1 fully saturated rings. The van der Waals surface area contributed by atoms with Gasteiger partial charge in [0, 0.05) is 19.3 Å². The summed E-state index contributed by atoms with van der Waals surface area (Å²) in [5.41, 5.74) is 0.0608. The van der Waals surface area contributed by atoms with Gasteiger partial charge < -0.3 is 20.0 Å². The highest BCUT2D eigenvalue weighted by Crippen LogP contribution is 2.18. The van der Waals surface area contributed by atoms with Crippen LogP contribution in [0.15, 0.2) is 30.3 Å². The second-order valence-electron chi connectivity index (χ2n) is 7.04. The molecule has 2 N–H and O–H groups in total. The molecule has 1 aliphatic heterocycles. The molecule has 8 nitrogen and oxygen atoms in total. The van der Waals surface area contributed by atoms with Gasteiger partial charge in [0.1, 0.15) is 11.6 Å². The zero-order chi connectivity index (χ0) is 19.3. The van der Waals surface area contributed by atoms with Gasteiger partial charge in [0.25, 0.3) is 5.91 Å². The van der Waals surface area contributed by atoms with E-state index in [1.807, 2.05) is 6.07 Å². The maximum Gasteiger partial charge on any atom is 0.408 e. The van der Waals surface area contributed by atoms with Gasteiger partial charge in [-0.3, -0.25) is 4.79 Å². The number of amides is 2. The van der Waals surface area contributed by atoms with Crippen molar-refractivity contribution >= 4 is 18.0 Å². The second kappa shape index (κ2) is 8.18. The van der Waals surface area contributed by atoms with E-state index in [0.717, 1.165) is 5.56 Å². The molecule has 0 saturated carbocycles. The second-order valence-corrected chi connectivity index (χ2v) is 7.04. The smallest absolute Gasteiger partial charge is 0.408 e. The van der Waals surface area contributed by atoms with E-state index in [-0.39, 0.29) is 19.3 Å². The van der Waals surface area contributed by atoms with Crippen LogP contribution in [-0.2, 0) is 25.6 Å². The van der Waals surface area contributed by atoms with Gasteiger partial charge in [0.15, 0.2) is 6.23 Å². The van der Waals surface area contributed by atoms with E-state index in [9.17, 15) is 19.5 Å². The highest BCUT2D eigenvalue weighted by Gasteiger charge is 2.35. The van der Waals surface area contributed by atoms with Crippen LogP contribution in [0, 0.1) is 0 Å². The lowest BCUT2D eigenvalue weighted by Crippen LogP contribution is -2.48. The van der Waals surface area contributed by atoms with E-state index in [1.165, 1.54) is 0 Å². The van der Waals surface area contributed by atoms with Crippen molar-refractivity contribution in [1.82, 2.24) is 10.4 Å². The standard InChI is InChI=1S/C18H24N2O6/c1-18(2,3)25-17(24)19-13(11-12-7-5-4-6-8-12)16(23)26-20-14(21)9-10-15(20)22/h4-8,13-14,21H,9-11H2,1-3H3,(H,19,24)/t13-,14?/m0/s1. The highest BCUT2D eigenvalue weighted by molar-refractivity contribution is 5.84.